The number of thiocarbonyl (C=S) groups is 1. The highest BCUT2D eigenvalue weighted by atomic mass is 32.1. The van der Waals surface area contributed by atoms with Crippen molar-refractivity contribution in [3.63, 3.8) is 0 Å². The lowest BCUT2D eigenvalue weighted by molar-refractivity contribution is -0.137. The minimum Gasteiger partial charge on any atom is -0.358 e. The highest BCUT2D eigenvalue weighted by molar-refractivity contribution is 7.80. The van der Waals surface area contributed by atoms with Crippen LogP contribution in [0.3, 0.4) is 0 Å². The monoisotopic (exact) mass is 384 g/mol. The summed E-state index contributed by atoms with van der Waals surface area (Å²) in [5, 5.41) is 5.98. The highest BCUT2D eigenvalue weighted by Gasteiger charge is 2.31. The van der Waals surface area contributed by atoms with Crippen molar-refractivity contribution in [2.75, 3.05) is 5.32 Å². The molecule has 0 aromatic heterocycles. The summed E-state index contributed by atoms with van der Waals surface area (Å²) in [5.74, 6) is -0.937. The Balaban J connectivity index is 1.98. The largest absolute Gasteiger partial charge is 0.416 e. The predicted molar refractivity (Wildman–Crippen MR) is 99.6 cm³/mol. The summed E-state index contributed by atoms with van der Waals surface area (Å²) >= 11 is 5.14. The van der Waals surface area contributed by atoms with Crippen molar-refractivity contribution in [1.29, 1.82) is 0 Å². The van der Waals surface area contributed by atoms with E-state index in [1.54, 1.807) is 0 Å². The van der Waals surface area contributed by atoms with Crippen molar-refractivity contribution in [3.8, 4) is 0 Å². The summed E-state index contributed by atoms with van der Waals surface area (Å²) < 4.78 is 51.6. The van der Waals surface area contributed by atoms with Crippen LogP contribution in [0.1, 0.15) is 37.5 Å². The number of benzene rings is 2. The average Bonchev–Trinajstić information content (AvgIpc) is 2.51. The van der Waals surface area contributed by atoms with Crippen LogP contribution in [0, 0.1) is 5.82 Å². The van der Waals surface area contributed by atoms with Gasteiger partial charge in [-0.15, -0.1) is 0 Å². The Hall–Kier alpha value is -2.15. The lowest BCUT2D eigenvalue weighted by Crippen LogP contribution is -2.28. The Bertz CT molecular complexity index is 778. The van der Waals surface area contributed by atoms with E-state index in [2.05, 4.69) is 31.4 Å². The first-order valence-electron chi connectivity index (χ1n) is 7.97. The van der Waals surface area contributed by atoms with Gasteiger partial charge in [-0.25, -0.2) is 4.39 Å². The standard InChI is InChI=1S/C19H20F4N2S/c1-18(2,3)13-4-6-16(7-5-13)25-17(26)24-11-12-8-14(19(21,22)23)10-15(20)9-12/h4-10H,11H2,1-3H3,(H2,24,25,26). The molecule has 2 rings (SSSR count). The third-order valence-corrected chi connectivity index (χ3v) is 3.99. The molecule has 0 radical (unpaired) electrons. The SMILES string of the molecule is CC(C)(C)c1ccc(NC(=S)NCc2cc(F)cc(C(F)(F)F)c2)cc1. The van der Waals surface area contributed by atoms with E-state index in [0.29, 0.717) is 6.07 Å². The minimum atomic E-state index is -4.59. The second-order valence-corrected chi connectivity index (χ2v) is 7.39. The molecule has 0 saturated heterocycles. The molecule has 26 heavy (non-hydrogen) atoms. The molecule has 0 atom stereocenters. The zero-order chi connectivity index (χ0) is 19.5. The first kappa shape index (κ1) is 20.2. The topological polar surface area (TPSA) is 24.1 Å². The van der Waals surface area contributed by atoms with Crippen LogP contribution in [-0.4, -0.2) is 5.11 Å². The van der Waals surface area contributed by atoms with E-state index in [1.165, 1.54) is 5.56 Å². The Morgan fingerprint density at radius 2 is 1.58 bits per heavy atom. The van der Waals surface area contributed by atoms with Crippen LogP contribution in [0.5, 0.6) is 0 Å². The highest BCUT2D eigenvalue weighted by Crippen LogP contribution is 2.30. The number of rotatable bonds is 3. The molecule has 0 saturated carbocycles. The summed E-state index contributed by atoms with van der Waals surface area (Å²) in [4.78, 5) is 0. The van der Waals surface area contributed by atoms with Gasteiger partial charge in [0.1, 0.15) is 5.82 Å². The van der Waals surface area contributed by atoms with Crippen LogP contribution < -0.4 is 10.6 Å². The molecule has 2 nitrogen and oxygen atoms in total. The predicted octanol–water partition coefficient (Wildman–Crippen LogP) is 5.63. The molecule has 0 heterocycles. The fraction of sp³-hybridized carbons (Fsp3) is 0.316. The Morgan fingerprint density at radius 3 is 2.12 bits per heavy atom. The van der Waals surface area contributed by atoms with Crippen LogP contribution >= 0.6 is 12.2 Å². The maximum Gasteiger partial charge on any atom is 0.416 e. The van der Waals surface area contributed by atoms with Gasteiger partial charge in [-0.2, -0.15) is 13.2 Å². The molecule has 0 aliphatic carbocycles. The lowest BCUT2D eigenvalue weighted by Gasteiger charge is -2.19. The van der Waals surface area contributed by atoms with E-state index < -0.39 is 17.6 Å². The molecule has 140 valence electrons. The fourth-order valence-corrected chi connectivity index (χ4v) is 2.52. The van der Waals surface area contributed by atoms with Crippen molar-refractivity contribution < 1.29 is 17.6 Å². The molecule has 0 aliphatic rings. The van der Waals surface area contributed by atoms with E-state index >= 15 is 0 Å². The zero-order valence-electron chi connectivity index (χ0n) is 14.7. The summed E-state index contributed by atoms with van der Waals surface area (Å²) in [7, 11) is 0. The van der Waals surface area contributed by atoms with Gasteiger partial charge in [0.25, 0.3) is 0 Å². The van der Waals surface area contributed by atoms with E-state index in [-0.39, 0.29) is 22.6 Å². The lowest BCUT2D eigenvalue weighted by atomic mass is 9.87. The van der Waals surface area contributed by atoms with Gasteiger partial charge >= 0.3 is 6.18 Å². The maximum absolute atomic E-state index is 13.4. The maximum atomic E-state index is 13.4. The van der Waals surface area contributed by atoms with E-state index in [9.17, 15) is 17.6 Å². The van der Waals surface area contributed by atoms with Gasteiger partial charge in [0, 0.05) is 12.2 Å². The molecule has 7 heteroatoms. The van der Waals surface area contributed by atoms with Crippen molar-refractivity contribution in [3.05, 3.63) is 65.0 Å². The fourth-order valence-electron chi connectivity index (χ4n) is 2.33. The zero-order valence-corrected chi connectivity index (χ0v) is 15.5. The summed E-state index contributed by atoms with van der Waals surface area (Å²) in [6.07, 6.45) is -4.59. The molecular formula is C19H20F4N2S. The van der Waals surface area contributed by atoms with Gasteiger partial charge in [0.2, 0.25) is 0 Å². The second kappa shape index (κ2) is 7.61. The molecule has 2 N–H and O–H groups in total. The second-order valence-electron chi connectivity index (χ2n) is 6.98. The van der Waals surface area contributed by atoms with Crippen LogP contribution in [0.4, 0.5) is 23.2 Å². The number of hydrogen-bond acceptors (Lipinski definition) is 1. The van der Waals surface area contributed by atoms with Crippen molar-refractivity contribution in [1.82, 2.24) is 5.32 Å². The summed E-state index contributed by atoms with van der Waals surface area (Å²) in [6, 6.07) is 10.1. The van der Waals surface area contributed by atoms with Crippen molar-refractivity contribution in [2.24, 2.45) is 0 Å². The molecule has 0 aliphatic heterocycles. The average molecular weight is 384 g/mol. The van der Waals surface area contributed by atoms with Crippen LogP contribution in [0.25, 0.3) is 0 Å². The molecule has 2 aromatic rings. The van der Waals surface area contributed by atoms with Crippen LogP contribution in [0.15, 0.2) is 42.5 Å². The van der Waals surface area contributed by atoms with Crippen LogP contribution in [-0.2, 0) is 18.1 Å². The smallest absolute Gasteiger partial charge is 0.358 e. The molecule has 0 amide bonds. The third kappa shape index (κ3) is 5.69. The van der Waals surface area contributed by atoms with Gasteiger partial charge in [-0.1, -0.05) is 32.9 Å². The minimum absolute atomic E-state index is 0.0211. The van der Waals surface area contributed by atoms with Gasteiger partial charge in [0.15, 0.2) is 5.11 Å². The Labute approximate surface area is 155 Å². The van der Waals surface area contributed by atoms with E-state index in [4.69, 9.17) is 12.2 Å². The molecule has 0 bridgehead atoms. The van der Waals surface area contributed by atoms with Gasteiger partial charge in [0.05, 0.1) is 5.56 Å². The Kier molecular flexibility index (Phi) is 5.91. The molecule has 0 unspecified atom stereocenters. The number of anilines is 1. The van der Waals surface area contributed by atoms with Crippen molar-refractivity contribution in [2.45, 2.75) is 38.9 Å². The first-order valence-corrected chi connectivity index (χ1v) is 8.38. The quantitative estimate of drug-likeness (QED) is 0.530. The molecule has 0 spiro atoms. The summed E-state index contributed by atoms with van der Waals surface area (Å²) in [5.41, 5.74) is 1.09. The molecule has 2 aromatic carbocycles. The number of nitrogens with one attached hydrogen (secondary N) is 2. The van der Waals surface area contributed by atoms with Crippen molar-refractivity contribution >= 4 is 23.0 Å². The number of halogens is 4. The van der Waals surface area contributed by atoms with Gasteiger partial charge in [-0.05, 0) is 59.1 Å². The molecule has 0 fully saturated rings. The van der Waals surface area contributed by atoms with Gasteiger partial charge in [-0.3, -0.25) is 0 Å². The first-order chi connectivity index (χ1) is 11.9. The third-order valence-electron chi connectivity index (χ3n) is 3.75. The normalized spacial score (nSPS) is 12.0. The van der Waals surface area contributed by atoms with Crippen LogP contribution in [0.2, 0.25) is 0 Å². The summed E-state index contributed by atoms with van der Waals surface area (Å²) in [6.45, 7) is 6.30. The Morgan fingerprint density at radius 1 is 0.962 bits per heavy atom. The number of hydrogen-bond donors (Lipinski definition) is 2. The van der Waals surface area contributed by atoms with E-state index in [1.807, 2.05) is 24.3 Å². The van der Waals surface area contributed by atoms with E-state index in [0.717, 1.165) is 17.8 Å². The number of alkyl halides is 3. The molecular weight excluding hydrogens is 364 g/mol. The van der Waals surface area contributed by atoms with Gasteiger partial charge < -0.3 is 10.6 Å².